The molecule has 570 valence electrons. The summed E-state index contributed by atoms with van der Waals surface area (Å²) in [7, 11) is 0. The van der Waals surface area contributed by atoms with Gasteiger partial charge in [0.05, 0.1) is 46.8 Å². The van der Waals surface area contributed by atoms with Gasteiger partial charge in [-0.2, -0.15) is 0 Å². The maximum atomic E-state index is 6.19. The highest BCUT2D eigenvalue weighted by molar-refractivity contribution is 6.40. The third-order valence-electron chi connectivity index (χ3n) is 23.9. The van der Waals surface area contributed by atoms with Gasteiger partial charge in [-0.05, 0) is 222 Å². The van der Waals surface area contributed by atoms with E-state index in [9.17, 15) is 0 Å². The zero-order valence-electron chi connectivity index (χ0n) is 72.1. The average molecular weight is 1460 g/mol. The number of hydrogen-bond acceptors (Lipinski definition) is 2. The normalized spacial score (nSPS) is 15.4. The lowest BCUT2D eigenvalue weighted by Crippen LogP contribution is -2.19. The van der Waals surface area contributed by atoms with Crippen LogP contribution in [0.2, 0.25) is 0 Å². The predicted molar refractivity (Wildman–Crippen MR) is 479 cm³/mol. The van der Waals surface area contributed by atoms with E-state index in [1.807, 2.05) is 0 Å². The van der Waals surface area contributed by atoms with E-state index in [2.05, 4.69) is 361 Å². The van der Waals surface area contributed by atoms with Crippen LogP contribution in [-0.4, -0.2) is 22.1 Å². The Morgan fingerprint density at radius 1 is 0.345 bits per heavy atom. The van der Waals surface area contributed by atoms with E-state index in [4.69, 9.17) is 9.66 Å². The van der Waals surface area contributed by atoms with Crippen molar-refractivity contribution in [2.45, 2.75) is 288 Å². The van der Waals surface area contributed by atoms with Gasteiger partial charge in [-0.15, -0.1) is 0 Å². The number of rotatable bonds is 14. The maximum Gasteiger partial charge on any atom is 0.384 e. The highest BCUT2D eigenvalue weighted by Crippen LogP contribution is 2.55. The fourth-order valence-corrected chi connectivity index (χ4v) is 17.4. The first kappa shape index (κ1) is 79.1. The standard InChI is InChI=1S/C106H127N4/c1-27-29-31-33-35-77-87-53-57-91(107-87)97(95(79-61-83(103(15,16)17)73-49-41-65(99(3,4)5)37-45-69(73)79)80-62-84(104(18,19)20)74-50-42-66(100(6,7)8)38-46-70(74)80)93-59-55-89(109-93)78(36-34-32-30-28-2)90-56-60-94(110-90)98(92-58-54-88(77)108-92)96(81-63-85(105(21,22)23)75-51-43-67(101(9,10)11)39-47-71(75)81)82-64-86(106(24,25)26)76-52-44-68(102(12,13)14)40-48-72(76)82/h37-64H,27-36H2,1-26H3,(H,107,108)/q+1/p+1. The van der Waals surface area contributed by atoms with E-state index in [0.29, 0.717) is 0 Å². The van der Waals surface area contributed by atoms with Gasteiger partial charge in [0, 0.05) is 34.9 Å². The molecule has 0 amide bonds. The van der Waals surface area contributed by atoms with E-state index >= 15 is 0 Å². The Morgan fingerprint density at radius 2 is 0.691 bits per heavy atom. The first-order valence-corrected chi connectivity index (χ1v) is 41.8. The van der Waals surface area contributed by atoms with Crippen LogP contribution in [0, 0.1) is 6.42 Å². The first-order valence-electron chi connectivity index (χ1n) is 41.8. The van der Waals surface area contributed by atoms with Crippen molar-refractivity contribution in [1.82, 2.24) is 15.0 Å². The Balaban J connectivity index is 1.21. The number of unbranched alkanes of at least 4 members (excludes halogenated alkanes) is 6. The molecular weight excluding hydrogens is 1330 g/mol. The molecule has 0 atom stereocenters. The van der Waals surface area contributed by atoms with E-state index < -0.39 is 0 Å². The number of hydrogen-bond donors (Lipinski definition) is 2. The first-order chi connectivity index (χ1) is 51.5. The summed E-state index contributed by atoms with van der Waals surface area (Å²) in [5.74, 6) is 0. The summed E-state index contributed by atoms with van der Waals surface area (Å²) in [5, 5.41) is 4.35. The monoisotopic (exact) mass is 1460 g/mol. The van der Waals surface area contributed by atoms with Gasteiger partial charge in [0.25, 0.3) is 0 Å². The molecule has 0 fully saturated rings. The summed E-state index contributed by atoms with van der Waals surface area (Å²) < 4.78 is 6.19. The summed E-state index contributed by atoms with van der Waals surface area (Å²) >= 11 is 0. The van der Waals surface area contributed by atoms with Crippen LogP contribution in [0.4, 0.5) is 0 Å². The molecule has 13 rings (SSSR count). The molecular formula is C106H128N4+2. The van der Waals surface area contributed by atoms with Crippen LogP contribution in [-0.2, 0) is 43.3 Å². The molecule has 0 radical (unpaired) electrons. The lowest BCUT2D eigenvalue weighted by Gasteiger charge is -2.19. The van der Waals surface area contributed by atoms with Crippen LogP contribution in [0.1, 0.15) is 322 Å². The number of fused-ring (bicyclic) bond motifs is 9. The number of H-pyrrole nitrogens is 1. The van der Waals surface area contributed by atoms with Gasteiger partial charge >= 0.3 is 11.4 Å². The zero-order valence-corrected chi connectivity index (χ0v) is 72.1. The molecule has 4 heteroatoms. The third-order valence-corrected chi connectivity index (χ3v) is 23.9. The fraction of sp³-hybridized carbons (Fsp3) is 0.415. The number of aliphatic imine (C=N–C) groups is 1. The number of allylic oxidation sites excluding steroid dienone is 9. The molecule has 1 aromatic heterocycles. The summed E-state index contributed by atoms with van der Waals surface area (Å²) in [6.07, 6.45) is 24.9. The third kappa shape index (κ3) is 15.6. The largest absolute Gasteiger partial charge is 0.384 e. The quantitative estimate of drug-likeness (QED) is 0.0636. The second-order valence-electron chi connectivity index (χ2n) is 40.8. The zero-order chi connectivity index (χ0) is 79.3. The lowest BCUT2D eigenvalue weighted by atomic mass is 9.85. The molecule has 0 saturated heterocycles. The van der Waals surface area contributed by atoms with Crippen molar-refractivity contribution in [2.24, 2.45) is 4.99 Å². The van der Waals surface area contributed by atoms with Crippen molar-refractivity contribution in [3.63, 3.8) is 0 Å². The smallest absolute Gasteiger partial charge is 0.354 e. The molecule has 4 aliphatic heterocycles. The van der Waals surface area contributed by atoms with Crippen LogP contribution in [0.3, 0.4) is 0 Å². The number of aromatic amines is 1. The second-order valence-corrected chi connectivity index (χ2v) is 40.8. The lowest BCUT2D eigenvalue weighted by molar-refractivity contribution is 0.590. The molecule has 8 bridgehead atoms. The molecule has 0 saturated carbocycles. The number of aromatic nitrogens is 1. The molecule has 2 N–H and O–H groups in total. The molecule has 1 aromatic rings. The van der Waals surface area contributed by atoms with Crippen molar-refractivity contribution in [1.29, 1.82) is 0 Å². The molecule has 12 aliphatic rings. The van der Waals surface area contributed by atoms with Crippen molar-refractivity contribution in [2.75, 3.05) is 0 Å². The van der Waals surface area contributed by atoms with Crippen molar-refractivity contribution in [3.05, 3.63) is 277 Å². The van der Waals surface area contributed by atoms with Gasteiger partial charge in [0.2, 0.25) is 0 Å². The minimum Gasteiger partial charge on any atom is -0.354 e. The van der Waals surface area contributed by atoms with E-state index in [0.717, 1.165) is 108 Å². The Bertz CT molecular complexity index is 5050. The van der Waals surface area contributed by atoms with E-state index in [-0.39, 0.29) is 43.3 Å². The summed E-state index contributed by atoms with van der Waals surface area (Å²) in [6, 6.07) is 53.8. The SMILES string of the molecule is CCCCCCC1=C2[CH+]C=C(N2)C(=C(c2cc(C(C)(C)C)c3ccc(C(C)(C)C)ccc2-3)c2cc(C(C)(C)C)c3ccc(C(C)(C)C)ccc2-3)C2=NC(=C(CCCCCC)c3ccc([nH]3)C(=C(c3cc(C(C)(C)C)c4ccc(C(C)(C)C)ccc3-4)c3cc(C(C)(C)C)c4ccc(C(C)(C)C)ccc3-4)C3=[N+]=C1C=C3)C=C2. The summed E-state index contributed by atoms with van der Waals surface area (Å²) in [5.41, 5.74) is 39.6. The Morgan fingerprint density at radius 3 is 1.05 bits per heavy atom. The van der Waals surface area contributed by atoms with Crippen LogP contribution < -0.4 is 9.98 Å². The molecule has 4 nitrogen and oxygen atoms in total. The molecule has 8 aliphatic carbocycles. The predicted octanol–water partition coefficient (Wildman–Crippen LogP) is 28.4. The van der Waals surface area contributed by atoms with E-state index in [1.54, 1.807) is 0 Å². The average Bonchev–Trinajstić information content (AvgIpc) is 1.57. The van der Waals surface area contributed by atoms with E-state index in [1.165, 1.54) is 146 Å². The molecule has 0 aromatic carbocycles. The van der Waals surface area contributed by atoms with Crippen LogP contribution in [0.5, 0.6) is 0 Å². The van der Waals surface area contributed by atoms with Gasteiger partial charge in [-0.3, -0.25) is 5.32 Å². The van der Waals surface area contributed by atoms with Gasteiger partial charge < -0.3 is 4.98 Å². The topological polar surface area (TPSA) is 54.3 Å². The highest BCUT2D eigenvalue weighted by atomic mass is 14.9. The minimum atomic E-state index is -0.187. The minimum absolute atomic E-state index is 0.0668. The summed E-state index contributed by atoms with van der Waals surface area (Å²) in [4.78, 5) is 10.5. The van der Waals surface area contributed by atoms with Gasteiger partial charge in [-0.1, -0.05) is 320 Å². The van der Waals surface area contributed by atoms with Gasteiger partial charge in [0.15, 0.2) is 11.3 Å². The maximum absolute atomic E-state index is 6.19. The number of nitrogens with zero attached hydrogens (tertiary/aromatic N) is 2. The Labute approximate surface area is 663 Å². The fourth-order valence-electron chi connectivity index (χ4n) is 17.4. The van der Waals surface area contributed by atoms with Crippen molar-refractivity contribution in [3.8, 4) is 44.5 Å². The molecule has 5 heterocycles. The Kier molecular flexibility index (Phi) is 21.1. The van der Waals surface area contributed by atoms with Crippen molar-refractivity contribution < 1.29 is 0 Å². The Hall–Kier alpha value is -8.95. The van der Waals surface area contributed by atoms with Crippen LogP contribution >= 0.6 is 0 Å². The molecule has 0 spiro atoms. The van der Waals surface area contributed by atoms with Gasteiger partial charge in [0.1, 0.15) is 5.70 Å². The van der Waals surface area contributed by atoms with Crippen LogP contribution in [0.25, 0.3) is 66.8 Å². The van der Waals surface area contributed by atoms with Gasteiger partial charge in [-0.25, -0.2) is 4.99 Å². The highest BCUT2D eigenvalue weighted by Gasteiger charge is 2.43. The molecule has 0 unspecified atom stereocenters. The number of nitrogens with one attached hydrogen (secondary N) is 2. The second kappa shape index (κ2) is 29.3. The van der Waals surface area contributed by atoms with Crippen LogP contribution in [0.15, 0.2) is 197 Å². The summed E-state index contributed by atoms with van der Waals surface area (Å²) in [6.45, 7) is 61.4. The van der Waals surface area contributed by atoms with Crippen molar-refractivity contribution >= 4 is 39.4 Å². The molecule has 110 heavy (non-hydrogen) atoms.